The summed E-state index contributed by atoms with van der Waals surface area (Å²) in [6, 6.07) is 12.1. The van der Waals surface area contributed by atoms with Gasteiger partial charge >= 0.3 is 0 Å². The molecule has 9 nitrogen and oxygen atoms in total. The van der Waals surface area contributed by atoms with E-state index < -0.39 is 0 Å². The van der Waals surface area contributed by atoms with Crippen LogP contribution in [-0.4, -0.2) is 30.4 Å². The van der Waals surface area contributed by atoms with Crippen molar-refractivity contribution in [2.45, 2.75) is 13.8 Å². The molecular formula is C18H19N9. The summed E-state index contributed by atoms with van der Waals surface area (Å²) in [5, 5.41) is 13.5. The Morgan fingerprint density at radius 2 is 1.19 bits per heavy atom. The number of nitrogens with one attached hydrogen (secondary N) is 5. The van der Waals surface area contributed by atoms with Crippen molar-refractivity contribution in [1.82, 2.24) is 35.9 Å². The number of hydrazine groups is 2. The molecule has 0 aliphatic rings. The Balaban J connectivity index is 1.47. The minimum atomic E-state index is 0.724. The van der Waals surface area contributed by atoms with Gasteiger partial charge in [0.05, 0.1) is 11.4 Å². The van der Waals surface area contributed by atoms with E-state index in [0.29, 0.717) is 0 Å². The first-order valence-corrected chi connectivity index (χ1v) is 8.40. The molecule has 9 heteroatoms. The van der Waals surface area contributed by atoms with Gasteiger partial charge in [0.2, 0.25) is 0 Å². The quantitative estimate of drug-likeness (QED) is 0.335. The SMILES string of the molecule is Cc1ccc(-c2ncn[nH]2)cc1NNNc1cc(-c2ncn[nH]2)ccc1C. The third-order valence-corrected chi connectivity index (χ3v) is 4.25. The smallest absolute Gasteiger partial charge is 0.155 e. The number of H-pyrrole nitrogens is 2. The van der Waals surface area contributed by atoms with Crippen molar-refractivity contribution in [3.05, 3.63) is 60.2 Å². The molecule has 4 rings (SSSR count). The lowest BCUT2D eigenvalue weighted by atomic mass is 10.1. The lowest BCUT2D eigenvalue weighted by molar-refractivity contribution is 0.947. The van der Waals surface area contributed by atoms with Gasteiger partial charge in [0, 0.05) is 11.1 Å². The van der Waals surface area contributed by atoms with Crippen molar-refractivity contribution < 1.29 is 0 Å². The van der Waals surface area contributed by atoms with E-state index in [1.165, 1.54) is 12.7 Å². The summed E-state index contributed by atoms with van der Waals surface area (Å²) in [5.74, 6) is 1.45. The first kappa shape index (κ1) is 16.7. The van der Waals surface area contributed by atoms with Crippen molar-refractivity contribution in [2.75, 3.05) is 10.9 Å². The maximum Gasteiger partial charge on any atom is 0.155 e. The summed E-state index contributed by atoms with van der Waals surface area (Å²) in [6.45, 7) is 4.06. The summed E-state index contributed by atoms with van der Waals surface area (Å²) in [4.78, 5) is 8.37. The Hall–Kier alpha value is -3.72. The number of anilines is 2. The monoisotopic (exact) mass is 361 g/mol. The van der Waals surface area contributed by atoms with Crippen LogP contribution in [0.3, 0.4) is 0 Å². The van der Waals surface area contributed by atoms with Gasteiger partial charge in [-0.2, -0.15) is 15.7 Å². The minimum absolute atomic E-state index is 0.724. The van der Waals surface area contributed by atoms with E-state index in [1.54, 1.807) is 0 Å². The summed E-state index contributed by atoms with van der Waals surface area (Å²) in [5.41, 5.74) is 15.4. The largest absolute Gasteiger partial charge is 0.304 e. The Labute approximate surface area is 155 Å². The van der Waals surface area contributed by atoms with Gasteiger partial charge in [-0.3, -0.25) is 10.2 Å². The third-order valence-electron chi connectivity index (χ3n) is 4.25. The van der Waals surface area contributed by atoms with Gasteiger partial charge < -0.3 is 10.9 Å². The van der Waals surface area contributed by atoms with E-state index in [4.69, 9.17) is 0 Å². The van der Waals surface area contributed by atoms with Crippen LogP contribution in [0.25, 0.3) is 22.8 Å². The molecule has 0 spiro atoms. The van der Waals surface area contributed by atoms with Gasteiger partial charge in [-0.05, 0) is 37.1 Å². The van der Waals surface area contributed by atoms with E-state index in [-0.39, 0.29) is 0 Å². The second kappa shape index (κ2) is 7.26. The van der Waals surface area contributed by atoms with Crippen LogP contribution in [0.1, 0.15) is 11.1 Å². The maximum absolute atomic E-state index is 4.19. The Morgan fingerprint density at radius 3 is 1.59 bits per heavy atom. The zero-order valence-electron chi connectivity index (χ0n) is 14.9. The molecule has 27 heavy (non-hydrogen) atoms. The number of hydrogen-bond acceptors (Lipinski definition) is 7. The van der Waals surface area contributed by atoms with Crippen LogP contribution >= 0.6 is 0 Å². The highest BCUT2D eigenvalue weighted by molar-refractivity contribution is 5.66. The molecular weight excluding hydrogens is 342 g/mol. The molecule has 0 bridgehead atoms. The fourth-order valence-electron chi connectivity index (χ4n) is 2.66. The summed E-state index contributed by atoms with van der Waals surface area (Å²) in [7, 11) is 0. The highest BCUT2D eigenvalue weighted by atomic mass is 15.6. The highest BCUT2D eigenvalue weighted by Gasteiger charge is 2.06. The molecule has 4 aromatic rings. The topological polar surface area (TPSA) is 119 Å². The second-order valence-corrected chi connectivity index (χ2v) is 6.10. The molecule has 2 aromatic carbocycles. The normalized spacial score (nSPS) is 10.7. The molecule has 2 aromatic heterocycles. The first-order chi connectivity index (χ1) is 13.2. The number of nitrogens with zero attached hydrogens (tertiary/aromatic N) is 4. The van der Waals surface area contributed by atoms with Crippen molar-refractivity contribution in [3.63, 3.8) is 0 Å². The number of aromatic amines is 2. The Kier molecular flexibility index (Phi) is 4.50. The van der Waals surface area contributed by atoms with Crippen molar-refractivity contribution in [1.29, 1.82) is 0 Å². The lowest BCUT2D eigenvalue weighted by Gasteiger charge is -2.15. The van der Waals surface area contributed by atoms with Crippen molar-refractivity contribution in [3.8, 4) is 22.8 Å². The predicted octanol–water partition coefficient (Wildman–Crippen LogP) is 2.82. The number of rotatable bonds is 6. The van der Waals surface area contributed by atoms with Crippen molar-refractivity contribution in [2.24, 2.45) is 0 Å². The lowest BCUT2D eigenvalue weighted by Crippen LogP contribution is -2.28. The number of hydrogen-bond donors (Lipinski definition) is 5. The molecule has 0 saturated heterocycles. The molecule has 0 unspecified atom stereocenters. The van der Waals surface area contributed by atoms with E-state index in [1.807, 2.05) is 50.2 Å². The number of aryl methyl sites for hydroxylation is 2. The summed E-state index contributed by atoms with van der Waals surface area (Å²) >= 11 is 0. The average Bonchev–Trinajstić information content (AvgIpc) is 3.38. The highest BCUT2D eigenvalue weighted by Crippen LogP contribution is 2.23. The predicted molar refractivity (Wildman–Crippen MR) is 103 cm³/mol. The van der Waals surface area contributed by atoms with Crippen molar-refractivity contribution >= 4 is 11.4 Å². The van der Waals surface area contributed by atoms with Gasteiger partial charge in [-0.25, -0.2) is 9.97 Å². The fraction of sp³-hybridized carbons (Fsp3) is 0.111. The Morgan fingerprint density at radius 1 is 0.704 bits per heavy atom. The fourth-order valence-corrected chi connectivity index (χ4v) is 2.66. The molecule has 0 amide bonds. The third kappa shape index (κ3) is 3.62. The Bertz CT molecular complexity index is 939. The van der Waals surface area contributed by atoms with Crippen LogP contribution in [-0.2, 0) is 0 Å². The van der Waals surface area contributed by atoms with E-state index in [0.717, 1.165) is 45.3 Å². The minimum Gasteiger partial charge on any atom is -0.304 e. The molecule has 0 aliphatic carbocycles. The molecule has 136 valence electrons. The van der Waals surface area contributed by atoms with Crippen LogP contribution in [0, 0.1) is 13.8 Å². The molecule has 5 N–H and O–H groups in total. The zero-order chi connectivity index (χ0) is 18.6. The van der Waals surface area contributed by atoms with Crippen LogP contribution in [0.2, 0.25) is 0 Å². The van der Waals surface area contributed by atoms with Gasteiger partial charge in [-0.1, -0.05) is 24.3 Å². The number of aromatic nitrogens is 6. The van der Waals surface area contributed by atoms with E-state index in [2.05, 4.69) is 46.7 Å². The van der Waals surface area contributed by atoms with Gasteiger partial charge in [0.15, 0.2) is 11.6 Å². The van der Waals surface area contributed by atoms with Gasteiger partial charge in [0.25, 0.3) is 0 Å². The van der Waals surface area contributed by atoms with Gasteiger partial charge in [-0.15, -0.1) is 0 Å². The molecule has 0 radical (unpaired) electrons. The molecule has 0 saturated carbocycles. The van der Waals surface area contributed by atoms with Gasteiger partial charge in [0.1, 0.15) is 12.7 Å². The van der Waals surface area contributed by atoms with E-state index in [9.17, 15) is 0 Å². The van der Waals surface area contributed by atoms with Crippen LogP contribution in [0.15, 0.2) is 49.1 Å². The standard InChI is InChI=1S/C18H19N9/c1-11-3-5-13(17-19-9-21-25-17)7-15(11)23-27-24-16-8-14(6-4-12(16)2)18-20-10-22-26-18/h3-10,23-24,27H,1-2H3,(H,19,21,25)(H,20,22,26). The summed E-state index contributed by atoms with van der Waals surface area (Å²) < 4.78 is 0. The van der Waals surface area contributed by atoms with Crippen LogP contribution in [0.4, 0.5) is 11.4 Å². The molecule has 0 atom stereocenters. The first-order valence-electron chi connectivity index (χ1n) is 8.40. The average molecular weight is 361 g/mol. The summed E-state index contributed by atoms with van der Waals surface area (Å²) in [6.07, 6.45) is 2.98. The second-order valence-electron chi connectivity index (χ2n) is 6.10. The molecule has 2 heterocycles. The van der Waals surface area contributed by atoms with Crippen LogP contribution < -0.4 is 16.4 Å². The number of benzene rings is 2. The zero-order valence-corrected chi connectivity index (χ0v) is 14.9. The maximum atomic E-state index is 4.19. The molecule has 0 aliphatic heterocycles. The molecule has 0 fully saturated rings. The van der Waals surface area contributed by atoms with E-state index >= 15 is 0 Å². The van der Waals surface area contributed by atoms with Crippen LogP contribution in [0.5, 0.6) is 0 Å².